The van der Waals surface area contributed by atoms with Gasteiger partial charge in [0.25, 0.3) is 0 Å². The molecule has 0 aliphatic rings. The summed E-state index contributed by atoms with van der Waals surface area (Å²) in [6.07, 6.45) is 4.56. The van der Waals surface area contributed by atoms with Gasteiger partial charge in [0, 0.05) is 24.2 Å². The summed E-state index contributed by atoms with van der Waals surface area (Å²) in [5.74, 6) is 3.71. The Balaban J connectivity index is 1.93. The predicted molar refractivity (Wildman–Crippen MR) is 131 cm³/mol. The number of hydrogen-bond acceptors (Lipinski definition) is 5. The van der Waals surface area contributed by atoms with Crippen molar-refractivity contribution in [1.82, 2.24) is 14.7 Å². The van der Waals surface area contributed by atoms with Gasteiger partial charge in [0.15, 0.2) is 0 Å². The molecular weight excluding hydrogens is 438 g/mol. The number of aryl methyl sites for hydroxylation is 1. The summed E-state index contributed by atoms with van der Waals surface area (Å²) >= 11 is 6.05. The summed E-state index contributed by atoms with van der Waals surface area (Å²) in [5, 5.41) is 15.9. The van der Waals surface area contributed by atoms with Gasteiger partial charge in [-0.15, -0.1) is 6.42 Å². The fourth-order valence-electron chi connectivity index (χ4n) is 3.42. The van der Waals surface area contributed by atoms with Crippen LogP contribution in [-0.4, -0.2) is 51.7 Å². The number of ether oxygens (including phenoxy) is 2. The molecule has 0 aliphatic carbocycles. The molecule has 1 N–H and O–H groups in total. The molecule has 0 saturated heterocycles. The minimum Gasteiger partial charge on any atom is -0.439 e. The Kier molecular flexibility index (Phi) is 8.93. The number of hydrogen-bond donors (Lipinski definition) is 1. The van der Waals surface area contributed by atoms with Gasteiger partial charge in [-0.05, 0) is 57.2 Å². The first-order valence-electron chi connectivity index (χ1n) is 10.9. The smallest absolute Gasteiger partial charge is 0.227 e. The fraction of sp³-hybridized carbons (Fsp3) is 0.346. The Labute approximate surface area is 200 Å². The van der Waals surface area contributed by atoms with Crippen LogP contribution in [0.4, 0.5) is 0 Å². The molecule has 0 bridgehead atoms. The van der Waals surface area contributed by atoms with Gasteiger partial charge >= 0.3 is 0 Å². The van der Waals surface area contributed by atoms with Crippen molar-refractivity contribution in [2.75, 3.05) is 19.8 Å². The summed E-state index contributed by atoms with van der Waals surface area (Å²) in [7, 11) is 0. The molecule has 1 aromatic heterocycles. The number of halogens is 1. The van der Waals surface area contributed by atoms with E-state index in [0.29, 0.717) is 29.7 Å². The van der Waals surface area contributed by atoms with E-state index in [1.54, 1.807) is 12.1 Å². The molecule has 174 valence electrons. The molecule has 0 amide bonds. The third-order valence-corrected chi connectivity index (χ3v) is 5.45. The lowest BCUT2D eigenvalue weighted by Crippen LogP contribution is -2.39. The van der Waals surface area contributed by atoms with Crippen LogP contribution in [0.25, 0.3) is 5.69 Å². The molecule has 2 aromatic carbocycles. The largest absolute Gasteiger partial charge is 0.439 e. The van der Waals surface area contributed by atoms with Crippen LogP contribution in [0.5, 0.6) is 11.6 Å². The highest BCUT2D eigenvalue weighted by Crippen LogP contribution is 2.32. The van der Waals surface area contributed by atoms with Crippen molar-refractivity contribution in [3.8, 4) is 29.7 Å². The Bertz CT molecular complexity index is 1060. The van der Waals surface area contributed by atoms with E-state index in [9.17, 15) is 5.11 Å². The molecule has 1 heterocycles. The topological polar surface area (TPSA) is 59.8 Å². The third kappa shape index (κ3) is 6.83. The summed E-state index contributed by atoms with van der Waals surface area (Å²) in [4.78, 5) is 2.16. The SMILES string of the molecule is C#CCOC[C@@H](O)CN(Cc1c(C)nn(-c2ccccc2)c1Oc1ccc(Cl)cc1)C(C)C. The summed E-state index contributed by atoms with van der Waals surface area (Å²) in [6.45, 7) is 7.49. The van der Waals surface area contributed by atoms with Crippen molar-refractivity contribution in [1.29, 1.82) is 0 Å². The summed E-state index contributed by atoms with van der Waals surface area (Å²) in [5.41, 5.74) is 2.69. The van der Waals surface area contributed by atoms with Gasteiger partial charge in [-0.25, -0.2) is 4.68 Å². The zero-order valence-electron chi connectivity index (χ0n) is 19.2. The number of nitrogens with zero attached hydrogens (tertiary/aromatic N) is 3. The van der Waals surface area contributed by atoms with Crippen LogP contribution in [0.15, 0.2) is 54.6 Å². The first kappa shape index (κ1) is 24.8. The fourth-order valence-corrected chi connectivity index (χ4v) is 3.55. The second-order valence-corrected chi connectivity index (χ2v) is 8.51. The maximum atomic E-state index is 10.5. The van der Waals surface area contributed by atoms with E-state index < -0.39 is 6.10 Å². The second kappa shape index (κ2) is 11.9. The molecule has 6 nitrogen and oxygen atoms in total. The van der Waals surface area contributed by atoms with Gasteiger partial charge < -0.3 is 14.6 Å². The van der Waals surface area contributed by atoms with E-state index in [1.807, 2.05) is 54.1 Å². The molecule has 0 aliphatic heterocycles. The molecule has 1 atom stereocenters. The Hall–Kier alpha value is -2.82. The highest BCUT2D eigenvalue weighted by atomic mass is 35.5. The first-order valence-corrected chi connectivity index (χ1v) is 11.3. The van der Waals surface area contributed by atoms with Crippen molar-refractivity contribution in [2.24, 2.45) is 0 Å². The maximum absolute atomic E-state index is 10.5. The van der Waals surface area contributed by atoms with E-state index in [4.69, 9.17) is 32.6 Å². The van der Waals surface area contributed by atoms with E-state index >= 15 is 0 Å². The Morgan fingerprint density at radius 1 is 1.15 bits per heavy atom. The molecule has 0 fully saturated rings. The molecule has 0 saturated carbocycles. The van der Waals surface area contributed by atoms with Crippen molar-refractivity contribution in [3.63, 3.8) is 0 Å². The van der Waals surface area contributed by atoms with E-state index in [-0.39, 0.29) is 19.3 Å². The molecule has 0 unspecified atom stereocenters. The van der Waals surface area contributed by atoms with Gasteiger partial charge in [0.1, 0.15) is 12.4 Å². The lowest BCUT2D eigenvalue weighted by atomic mass is 10.2. The monoisotopic (exact) mass is 467 g/mol. The molecular formula is C26H30ClN3O3. The van der Waals surface area contributed by atoms with Gasteiger partial charge in [-0.3, -0.25) is 4.90 Å². The van der Waals surface area contributed by atoms with Crippen LogP contribution in [-0.2, 0) is 11.3 Å². The lowest BCUT2D eigenvalue weighted by molar-refractivity contribution is 0.0190. The molecule has 0 radical (unpaired) electrons. The quantitative estimate of drug-likeness (QED) is 0.323. The number of aromatic nitrogens is 2. The molecule has 33 heavy (non-hydrogen) atoms. The van der Waals surface area contributed by atoms with Crippen molar-refractivity contribution in [3.05, 3.63) is 70.9 Å². The number of terminal acetylenes is 1. The zero-order valence-corrected chi connectivity index (χ0v) is 20.0. The second-order valence-electron chi connectivity index (χ2n) is 8.07. The minimum atomic E-state index is -0.661. The summed E-state index contributed by atoms with van der Waals surface area (Å²) < 4.78 is 13.5. The van der Waals surface area contributed by atoms with Gasteiger partial charge in [-0.2, -0.15) is 5.10 Å². The highest BCUT2D eigenvalue weighted by molar-refractivity contribution is 6.30. The van der Waals surface area contributed by atoms with Crippen LogP contribution in [0.3, 0.4) is 0 Å². The van der Waals surface area contributed by atoms with E-state index in [0.717, 1.165) is 16.9 Å². The molecule has 0 spiro atoms. The average Bonchev–Trinajstić information content (AvgIpc) is 3.10. The van der Waals surface area contributed by atoms with Gasteiger partial charge in [-0.1, -0.05) is 35.7 Å². The standard InChI is InChI=1S/C26H30ClN3O3/c1-5-15-32-18-23(31)16-29(19(2)3)17-25-20(4)28-30(22-9-7-6-8-10-22)26(25)33-24-13-11-21(27)12-14-24/h1,6-14,19,23,31H,15-18H2,2-4H3/t23-/m0/s1. The average molecular weight is 468 g/mol. The number of aliphatic hydroxyl groups excluding tert-OH is 1. The first-order chi connectivity index (χ1) is 15.9. The normalized spacial score (nSPS) is 12.2. The minimum absolute atomic E-state index is 0.176. The molecule has 3 rings (SSSR count). The number of aliphatic hydroxyl groups is 1. The number of rotatable bonds is 11. The summed E-state index contributed by atoms with van der Waals surface area (Å²) in [6, 6.07) is 17.3. The van der Waals surface area contributed by atoms with Crippen LogP contribution >= 0.6 is 11.6 Å². The van der Waals surface area contributed by atoms with Crippen molar-refractivity contribution >= 4 is 11.6 Å². The molecule has 7 heteroatoms. The number of benzene rings is 2. The predicted octanol–water partition coefficient (Wildman–Crippen LogP) is 4.85. The Morgan fingerprint density at radius 3 is 2.48 bits per heavy atom. The maximum Gasteiger partial charge on any atom is 0.227 e. The van der Waals surface area contributed by atoms with Crippen molar-refractivity contribution < 1.29 is 14.6 Å². The zero-order chi connectivity index (χ0) is 23.8. The lowest BCUT2D eigenvalue weighted by Gasteiger charge is -2.28. The highest BCUT2D eigenvalue weighted by Gasteiger charge is 2.24. The van der Waals surface area contributed by atoms with Crippen LogP contribution in [0.2, 0.25) is 5.02 Å². The van der Waals surface area contributed by atoms with Crippen LogP contribution in [0, 0.1) is 19.3 Å². The van der Waals surface area contributed by atoms with Crippen LogP contribution < -0.4 is 4.74 Å². The van der Waals surface area contributed by atoms with E-state index in [2.05, 4.69) is 24.7 Å². The van der Waals surface area contributed by atoms with Crippen molar-refractivity contribution in [2.45, 2.75) is 39.5 Å². The third-order valence-electron chi connectivity index (χ3n) is 5.20. The molecule has 3 aromatic rings. The van der Waals surface area contributed by atoms with Crippen LogP contribution in [0.1, 0.15) is 25.1 Å². The van der Waals surface area contributed by atoms with E-state index in [1.165, 1.54) is 0 Å². The van der Waals surface area contributed by atoms with Gasteiger partial charge in [0.05, 0.1) is 29.7 Å². The van der Waals surface area contributed by atoms with Gasteiger partial charge in [0.2, 0.25) is 5.88 Å². The Morgan fingerprint density at radius 2 is 1.85 bits per heavy atom. The number of para-hydroxylation sites is 1.